The van der Waals surface area contributed by atoms with E-state index in [2.05, 4.69) is 51.7 Å². The molecule has 2 N–H and O–H groups in total. The van der Waals surface area contributed by atoms with Crippen molar-refractivity contribution in [3.8, 4) is 0 Å². The van der Waals surface area contributed by atoms with E-state index >= 15 is 0 Å². The number of nitrogens with one attached hydrogen (secondary N) is 2. The number of guanidine groups is 1. The molecule has 1 aliphatic heterocycles. The second-order valence-corrected chi connectivity index (χ2v) is 5.96. The summed E-state index contributed by atoms with van der Waals surface area (Å²) in [6.45, 7) is 8.71. The Kier molecular flexibility index (Phi) is 10.1. The highest BCUT2D eigenvalue weighted by Gasteiger charge is 2.23. The lowest BCUT2D eigenvalue weighted by Gasteiger charge is -2.20. The summed E-state index contributed by atoms with van der Waals surface area (Å²) in [5.74, 6) is 0.886. The molecule has 1 fully saturated rings. The molecule has 0 saturated carbocycles. The van der Waals surface area contributed by atoms with Crippen LogP contribution >= 0.6 is 24.0 Å². The third-order valence-electron chi connectivity index (χ3n) is 4.11. The predicted molar refractivity (Wildman–Crippen MR) is 113 cm³/mol. The number of hydrogen-bond donors (Lipinski definition) is 2. The molecule has 1 atom stereocenters. The van der Waals surface area contributed by atoms with Gasteiger partial charge in [0, 0.05) is 51.6 Å². The third kappa shape index (κ3) is 6.84. The number of nitrogens with zero attached hydrogens (tertiary/aromatic N) is 2. The first-order chi connectivity index (χ1) is 11.2. The Hall–Kier alpha value is -1.02. The van der Waals surface area contributed by atoms with Crippen molar-refractivity contribution in [2.45, 2.75) is 32.7 Å². The number of benzene rings is 1. The van der Waals surface area contributed by atoms with E-state index in [1.807, 2.05) is 14.0 Å². The summed E-state index contributed by atoms with van der Waals surface area (Å²) in [4.78, 5) is 6.74. The minimum absolute atomic E-state index is 0. The maximum atomic E-state index is 5.35. The van der Waals surface area contributed by atoms with Crippen molar-refractivity contribution in [2.24, 2.45) is 4.99 Å². The van der Waals surface area contributed by atoms with E-state index in [4.69, 9.17) is 4.74 Å². The molecule has 6 heteroatoms. The molecule has 1 heterocycles. The largest absolute Gasteiger partial charge is 0.382 e. The number of halogens is 1. The molecule has 24 heavy (non-hydrogen) atoms. The molecule has 136 valence electrons. The summed E-state index contributed by atoms with van der Waals surface area (Å²) in [6.07, 6.45) is 2.13. The van der Waals surface area contributed by atoms with E-state index in [1.54, 1.807) is 0 Å². The van der Waals surface area contributed by atoms with E-state index in [0.29, 0.717) is 6.04 Å². The van der Waals surface area contributed by atoms with Gasteiger partial charge in [0.15, 0.2) is 5.96 Å². The fourth-order valence-electron chi connectivity index (χ4n) is 2.78. The van der Waals surface area contributed by atoms with Gasteiger partial charge in [0.05, 0.1) is 0 Å². The van der Waals surface area contributed by atoms with E-state index in [-0.39, 0.29) is 24.0 Å². The summed E-state index contributed by atoms with van der Waals surface area (Å²) in [7, 11) is 1.82. The number of hydrogen-bond acceptors (Lipinski definition) is 3. The number of aryl methyl sites for hydroxylation is 1. The van der Waals surface area contributed by atoms with Crippen molar-refractivity contribution in [1.82, 2.24) is 10.6 Å². The highest BCUT2D eigenvalue weighted by Crippen LogP contribution is 2.20. The lowest BCUT2D eigenvalue weighted by atomic mass is 10.2. The minimum Gasteiger partial charge on any atom is -0.382 e. The van der Waals surface area contributed by atoms with Crippen LogP contribution < -0.4 is 15.5 Å². The van der Waals surface area contributed by atoms with Crippen LogP contribution in [0.5, 0.6) is 0 Å². The van der Waals surface area contributed by atoms with Crippen molar-refractivity contribution in [2.75, 3.05) is 44.8 Å². The fraction of sp³-hybridized carbons (Fsp3) is 0.611. The lowest BCUT2D eigenvalue weighted by Crippen LogP contribution is -2.45. The summed E-state index contributed by atoms with van der Waals surface area (Å²) >= 11 is 0. The molecule has 0 amide bonds. The average Bonchev–Trinajstić information content (AvgIpc) is 3.02. The van der Waals surface area contributed by atoms with Gasteiger partial charge in [0.1, 0.15) is 0 Å². The topological polar surface area (TPSA) is 48.9 Å². The minimum atomic E-state index is 0. The van der Waals surface area contributed by atoms with Gasteiger partial charge < -0.3 is 20.3 Å². The summed E-state index contributed by atoms with van der Waals surface area (Å²) < 4.78 is 5.35. The Morgan fingerprint density at radius 2 is 2.08 bits per heavy atom. The van der Waals surface area contributed by atoms with Crippen molar-refractivity contribution < 1.29 is 4.74 Å². The Labute approximate surface area is 163 Å². The van der Waals surface area contributed by atoms with Crippen LogP contribution in [0.15, 0.2) is 29.3 Å². The van der Waals surface area contributed by atoms with Gasteiger partial charge >= 0.3 is 0 Å². The summed E-state index contributed by atoms with van der Waals surface area (Å²) in [5, 5.41) is 6.88. The summed E-state index contributed by atoms with van der Waals surface area (Å²) in [5.41, 5.74) is 2.61. The van der Waals surface area contributed by atoms with Crippen molar-refractivity contribution in [3.05, 3.63) is 29.8 Å². The Morgan fingerprint density at radius 1 is 1.33 bits per heavy atom. The Morgan fingerprint density at radius 3 is 2.75 bits per heavy atom. The van der Waals surface area contributed by atoms with Crippen LogP contribution in [0.2, 0.25) is 0 Å². The van der Waals surface area contributed by atoms with Crippen molar-refractivity contribution in [3.63, 3.8) is 0 Å². The van der Waals surface area contributed by atoms with Crippen LogP contribution in [0.1, 0.15) is 25.3 Å². The van der Waals surface area contributed by atoms with E-state index in [9.17, 15) is 0 Å². The van der Waals surface area contributed by atoms with Gasteiger partial charge in [-0.15, -0.1) is 24.0 Å². The van der Waals surface area contributed by atoms with Crippen LogP contribution in [-0.4, -0.2) is 51.9 Å². The standard InChI is InChI=1S/C18H30N4O.HI/c1-4-23-13-5-11-20-18(19-3)21-16-10-12-22(14-16)17-8-6-15(2)7-9-17;/h6-9,16H,4-5,10-14H2,1-3H3,(H2,19,20,21);1H. The highest BCUT2D eigenvalue weighted by atomic mass is 127. The quantitative estimate of drug-likeness (QED) is 0.293. The zero-order valence-corrected chi connectivity index (χ0v) is 17.4. The van der Waals surface area contributed by atoms with Gasteiger partial charge in [-0.2, -0.15) is 0 Å². The second-order valence-electron chi connectivity index (χ2n) is 5.96. The first kappa shape index (κ1) is 21.0. The molecule has 1 aromatic carbocycles. The third-order valence-corrected chi connectivity index (χ3v) is 4.11. The molecule has 0 spiro atoms. The second kappa shape index (κ2) is 11.5. The van der Waals surface area contributed by atoms with Gasteiger partial charge in [-0.1, -0.05) is 17.7 Å². The number of aliphatic imine (C=N–C) groups is 1. The van der Waals surface area contributed by atoms with Gasteiger partial charge in [-0.05, 0) is 38.8 Å². The zero-order valence-electron chi connectivity index (χ0n) is 15.0. The molecule has 1 aliphatic rings. The van der Waals surface area contributed by atoms with Crippen molar-refractivity contribution >= 4 is 35.6 Å². The predicted octanol–water partition coefficient (Wildman–Crippen LogP) is 2.78. The molecule has 1 saturated heterocycles. The van der Waals surface area contributed by atoms with Crippen molar-refractivity contribution in [1.29, 1.82) is 0 Å². The van der Waals surface area contributed by atoms with Gasteiger partial charge in [0.2, 0.25) is 0 Å². The number of anilines is 1. The van der Waals surface area contributed by atoms with Crippen LogP contribution in [-0.2, 0) is 4.74 Å². The number of rotatable bonds is 7. The summed E-state index contributed by atoms with van der Waals surface area (Å²) in [6, 6.07) is 9.20. The number of ether oxygens (including phenoxy) is 1. The van der Waals surface area contributed by atoms with E-state index in [1.165, 1.54) is 11.3 Å². The SMILES string of the molecule is CCOCCCNC(=NC)NC1CCN(c2ccc(C)cc2)C1.I. The molecular weight excluding hydrogens is 415 g/mol. The molecule has 0 bridgehead atoms. The highest BCUT2D eigenvalue weighted by molar-refractivity contribution is 14.0. The lowest BCUT2D eigenvalue weighted by molar-refractivity contribution is 0.145. The maximum Gasteiger partial charge on any atom is 0.191 e. The van der Waals surface area contributed by atoms with Crippen LogP contribution in [0.3, 0.4) is 0 Å². The zero-order chi connectivity index (χ0) is 16.5. The Balaban J connectivity index is 0.00000288. The molecular formula is C18H31IN4O. The van der Waals surface area contributed by atoms with Gasteiger partial charge in [-0.3, -0.25) is 4.99 Å². The van der Waals surface area contributed by atoms with Crippen LogP contribution in [0, 0.1) is 6.92 Å². The first-order valence-electron chi connectivity index (χ1n) is 8.59. The Bertz CT molecular complexity index is 492. The first-order valence-corrected chi connectivity index (χ1v) is 8.59. The normalized spacial score (nSPS) is 17.5. The molecule has 0 radical (unpaired) electrons. The van der Waals surface area contributed by atoms with Crippen LogP contribution in [0.4, 0.5) is 5.69 Å². The molecule has 1 unspecified atom stereocenters. The molecule has 5 nitrogen and oxygen atoms in total. The molecule has 2 rings (SSSR count). The molecule has 0 aliphatic carbocycles. The van der Waals surface area contributed by atoms with E-state index in [0.717, 1.165) is 51.6 Å². The van der Waals surface area contributed by atoms with E-state index < -0.39 is 0 Å². The maximum absolute atomic E-state index is 5.35. The van der Waals surface area contributed by atoms with Gasteiger partial charge in [-0.25, -0.2) is 0 Å². The average molecular weight is 446 g/mol. The monoisotopic (exact) mass is 446 g/mol. The molecule has 1 aromatic rings. The fourth-order valence-corrected chi connectivity index (χ4v) is 2.78. The van der Waals surface area contributed by atoms with Gasteiger partial charge in [0.25, 0.3) is 0 Å². The van der Waals surface area contributed by atoms with Crippen LogP contribution in [0.25, 0.3) is 0 Å². The molecule has 0 aromatic heterocycles. The smallest absolute Gasteiger partial charge is 0.191 e.